The minimum Gasteiger partial charge on any atom is -0.319 e. The van der Waals surface area contributed by atoms with Crippen molar-refractivity contribution in [1.82, 2.24) is 10.0 Å². The van der Waals surface area contributed by atoms with E-state index in [9.17, 15) is 8.42 Å². The van der Waals surface area contributed by atoms with Gasteiger partial charge in [0, 0.05) is 17.6 Å². The summed E-state index contributed by atoms with van der Waals surface area (Å²) in [6.45, 7) is 5.15. The number of sulfonamides is 1. The molecule has 0 unspecified atom stereocenters. The zero-order valence-corrected chi connectivity index (χ0v) is 13.2. The summed E-state index contributed by atoms with van der Waals surface area (Å²) >= 11 is 3.27. The Morgan fingerprint density at radius 3 is 2.50 bits per heavy atom. The average Bonchev–Trinajstić information content (AvgIpc) is 2.27. The van der Waals surface area contributed by atoms with Gasteiger partial charge in [-0.15, -0.1) is 0 Å². The van der Waals surface area contributed by atoms with Crippen LogP contribution < -0.4 is 10.0 Å². The van der Waals surface area contributed by atoms with Gasteiger partial charge in [-0.2, -0.15) is 0 Å². The first-order valence-corrected chi connectivity index (χ1v) is 7.94. The predicted octanol–water partition coefficient (Wildman–Crippen LogP) is 1.97. The molecule has 0 aliphatic rings. The molecule has 18 heavy (non-hydrogen) atoms. The summed E-state index contributed by atoms with van der Waals surface area (Å²) in [5, 5.41) is 3.05. The van der Waals surface area contributed by atoms with Gasteiger partial charge in [0.05, 0.1) is 4.90 Å². The molecule has 1 aromatic rings. The smallest absolute Gasteiger partial charge is 0.240 e. The van der Waals surface area contributed by atoms with Gasteiger partial charge < -0.3 is 5.32 Å². The lowest BCUT2D eigenvalue weighted by Crippen LogP contribution is -2.39. The third-order valence-electron chi connectivity index (χ3n) is 2.50. The van der Waals surface area contributed by atoms with Crippen molar-refractivity contribution in [3.8, 4) is 0 Å². The molecule has 1 aromatic carbocycles. The van der Waals surface area contributed by atoms with Crippen molar-refractivity contribution in [2.24, 2.45) is 5.41 Å². The lowest BCUT2D eigenvalue weighted by molar-refractivity contribution is 0.350. The summed E-state index contributed by atoms with van der Waals surface area (Å²) < 4.78 is 27.6. The second kappa shape index (κ2) is 6.14. The molecule has 0 saturated carbocycles. The number of hydrogen-bond donors (Lipinski definition) is 2. The van der Waals surface area contributed by atoms with Crippen molar-refractivity contribution >= 4 is 26.0 Å². The quantitative estimate of drug-likeness (QED) is 0.836. The van der Waals surface area contributed by atoms with Crippen LogP contribution in [-0.4, -0.2) is 28.6 Å². The van der Waals surface area contributed by atoms with E-state index in [1.54, 1.807) is 24.3 Å². The number of benzene rings is 1. The molecule has 4 nitrogen and oxygen atoms in total. The van der Waals surface area contributed by atoms with Gasteiger partial charge in [-0.05, 0) is 30.7 Å². The van der Waals surface area contributed by atoms with Crippen molar-refractivity contribution in [1.29, 1.82) is 0 Å². The van der Waals surface area contributed by atoms with Crippen molar-refractivity contribution in [3.63, 3.8) is 0 Å². The Hall–Kier alpha value is -0.430. The van der Waals surface area contributed by atoms with Crippen LogP contribution in [0.3, 0.4) is 0 Å². The molecule has 1 rings (SSSR count). The van der Waals surface area contributed by atoms with Gasteiger partial charge in [-0.1, -0.05) is 35.8 Å². The molecule has 0 aromatic heterocycles. The van der Waals surface area contributed by atoms with Gasteiger partial charge in [-0.3, -0.25) is 0 Å². The number of hydrogen-bond acceptors (Lipinski definition) is 3. The maximum absolute atomic E-state index is 12.1. The van der Waals surface area contributed by atoms with Crippen LogP contribution in [0, 0.1) is 5.41 Å². The fourth-order valence-electron chi connectivity index (χ4n) is 1.55. The van der Waals surface area contributed by atoms with Crippen LogP contribution in [0.15, 0.2) is 33.6 Å². The SMILES string of the molecule is CNCC(C)(C)CNS(=O)(=O)c1cccc(Br)c1. The fourth-order valence-corrected chi connectivity index (χ4v) is 3.39. The molecule has 0 amide bonds. The molecule has 6 heteroatoms. The molecule has 0 fully saturated rings. The largest absolute Gasteiger partial charge is 0.319 e. The third kappa shape index (κ3) is 4.68. The lowest BCUT2D eigenvalue weighted by atomic mass is 9.94. The topological polar surface area (TPSA) is 58.2 Å². The molecule has 2 N–H and O–H groups in total. The van der Waals surface area contributed by atoms with Gasteiger partial charge in [0.1, 0.15) is 0 Å². The zero-order chi connectivity index (χ0) is 13.8. The van der Waals surface area contributed by atoms with E-state index in [1.165, 1.54) is 0 Å². The van der Waals surface area contributed by atoms with E-state index in [2.05, 4.69) is 26.0 Å². The first-order valence-electron chi connectivity index (χ1n) is 5.67. The third-order valence-corrected chi connectivity index (χ3v) is 4.39. The van der Waals surface area contributed by atoms with E-state index < -0.39 is 10.0 Å². The Bertz CT molecular complexity index is 501. The highest BCUT2D eigenvalue weighted by molar-refractivity contribution is 9.10. The van der Waals surface area contributed by atoms with Gasteiger partial charge in [0.2, 0.25) is 10.0 Å². The van der Waals surface area contributed by atoms with Gasteiger partial charge in [0.15, 0.2) is 0 Å². The van der Waals surface area contributed by atoms with E-state index in [4.69, 9.17) is 0 Å². The Morgan fingerprint density at radius 2 is 1.94 bits per heavy atom. The summed E-state index contributed by atoms with van der Waals surface area (Å²) in [5.74, 6) is 0. The van der Waals surface area contributed by atoms with Gasteiger partial charge in [-0.25, -0.2) is 13.1 Å². The normalized spacial score (nSPS) is 12.7. The first-order chi connectivity index (χ1) is 8.27. The fraction of sp³-hybridized carbons (Fsp3) is 0.500. The van der Waals surface area contributed by atoms with Crippen LogP contribution in [0.5, 0.6) is 0 Å². The molecule has 0 radical (unpaired) electrons. The van der Waals surface area contributed by atoms with Crippen LogP contribution in [0.4, 0.5) is 0 Å². The maximum atomic E-state index is 12.1. The molecule has 0 aliphatic carbocycles. The predicted molar refractivity (Wildman–Crippen MR) is 77.0 cm³/mol. The van der Waals surface area contributed by atoms with Gasteiger partial charge >= 0.3 is 0 Å². The summed E-state index contributed by atoms with van der Waals surface area (Å²) in [7, 11) is -1.59. The summed E-state index contributed by atoms with van der Waals surface area (Å²) in [5.41, 5.74) is -0.131. The van der Waals surface area contributed by atoms with Crippen LogP contribution in [0.1, 0.15) is 13.8 Å². The Kier molecular flexibility index (Phi) is 5.33. The zero-order valence-electron chi connectivity index (χ0n) is 10.8. The molecule has 0 atom stereocenters. The molecular weight excluding hydrogens is 316 g/mol. The average molecular weight is 335 g/mol. The Morgan fingerprint density at radius 1 is 1.28 bits per heavy atom. The number of rotatable bonds is 6. The van der Waals surface area contributed by atoms with E-state index >= 15 is 0 Å². The first kappa shape index (κ1) is 15.6. The maximum Gasteiger partial charge on any atom is 0.240 e. The molecular formula is C12H19BrN2O2S. The number of halogens is 1. The van der Waals surface area contributed by atoms with Crippen LogP contribution in [-0.2, 0) is 10.0 Å². The highest BCUT2D eigenvalue weighted by Gasteiger charge is 2.21. The Balaban J connectivity index is 2.78. The summed E-state index contributed by atoms with van der Waals surface area (Å²) in [4.78, 5) is 0.275. The van der Waals surface area contributed by atoms with Crippen molar-refractivity contribution in [3.05, 3.63) is 28.7 Å². The van der Waals surface area contributed by atoms with Crippen molar-refractivity contribution in [2.45, 2.75) is 18.7 Å². The van der Waals surface area contributed by atoms with E-state index in [0.717, 1.165) is 11.0 Å². The van der Waals surface area contributed by atoms with Crippen LogP contribution in [0.2, 0.25) is 0 Å². The Labute approximate surface area is 117 Å². The van der Waals surface area contributed by atoms with E-state index in [1.807, 2.05) is 20.9 Å². The standard InChI is InChI=1S/C12H19BrN2O2S/c1-12(2,8-14-3)9-15-18(16,17)11-6-4-5-10(13)7-11/h4-7,14-15H,8-9H2,1-3H3. The van der Waals surface area contributed by atoms with Gasteiger partial charge in [0.25, 0.3) is 0 Å². The highest BCUT2D eigenvalue weighted by atomic mass is 79.9. The molecule has 0 aliphatic heterocycles. The lowest BCUT2D eigenvalue weighted by Gasteiger charge is -2.24. The number of nitrogens with one attached hydrogen (secondary N) is 2. The second-order valence-electron chi connectivity index (χ2n) is 4.98. The summed E-state index contributed by atoms with van der Waals surface area (Å²) in [6.07, 6.45) is 0. The minimum absolute atomic E-state index is 0.131. The molecule has 0 saturated heterocycles. The molecule has 0 spiro atoms. The molecule has 102 valence electrons. The van der Waals surface area contributed by atoms with Crippen LogP contribution in [0.25, 0.3) is 0 Å². The summed E-state index contributed by atoms with van der Waals surface area (Å²) in [6, 6.07) is 6.67. The van der Waals surface area contributed by atoms with E-state index in [0.29, 0.717) is 6.54 Å². The van der Waals surface area contributed by atoms with Crippen molar-refractivity contribution in [2.75, 3.05) is 20.1 Å². The monoisotopic (exact) mass is 334 g/mol. The minimum atomic E-state index is -3.44. The van der Waals surface area contributed by atoms with Crippen LogP contribution >= 0.6 is 15.9 Å². The van der Waals surface area contributed by atoms with Crippen molar-refractivity contribution < 1.29 is 8.42 Å². The highest BCUT2D eigenvalue weighted by Crippen LogP contribution is 2.17. The molecule has 0 heterocycles. The second-order valence-corrected chi connectivity index (χ2v) is 7.66. The van der Waals surface area contributed by atoms with E-state index in [-0.39, 0.29) is 10.3 Å². The molecule has 0 bridgehead atoms.